The lowest BCUT2D eigenvalue weighted by Crippen LogP contribution is -2.55. The number of aromatic amines is 1. The zero-order valence-electron chi connectivity index (χ0n) is 43.5. The van der Waals surface area contributed by atoms with Gasteiger partial charge in [-0.2, -0.15) is 0 Å². The molecule has 5 heterocycles. The molecule has 0 spiro atoms. The van der Waals surface area contributed by atoms with Gasteiger partial charge in [0, 0.05) is 93.2 Å². The molecule has 0 saturated heterocycles. The van der Waals surface area contributed by atoms with Crippen LogP contribution in [0.2, 0.25) is 0 Å². The van der Waals surface area contributed by atoms with Crippen molar-refractivity contribution in [3.8, 4) is 0 Å². The van der Waals surface area contributed by atoms with Crippen molar-refractivity contribution in [3.05, 3.63) is 33.1 Å². The fourth-order valence-electron chi connectivity index (χ4n) is 12.0. The summed E-state index contributed by atoms with van der Waals surface area (Å²) in [6.45, 7) is 16.6. The van der Waals surface area contributed by atoms with E-state index in [0.29, 0.717) is 51.4 Å². The normalized spacial score (nSPS) is 29.0. The summed E-state index contributed by atoms with van der Waals surface area (Å²) in [6, 6.07) is -0.727. The van der Waals surface area contributed by atoms with Gasteiger partial charge in [-0.1, -0.05) is 27.7 Å². The van der Waals surface area contributed by atoms with Gasteiger partial charge >= 0.3 is 35.8 Å². The molecule has 4 aliphatic rings. The van der Waals surface area contributed by atoms with Crippen molar-refractivity contribution in [2.24, 2.45) is 49.0 Å². The van der Waals surface area contributed by atoms with Crippen molar-refractivity contribution in [3.63, 3.8) is 0 Å². The molecule has 16 heteroatoms. The SMILES string of the molecule is COC(=O)CCCc1c(C)/c2[nH]/c1=C\C1=NC(=C(/C)C3=NC([C@H](CC(=O)OC)[C@@]3(C)CCCC(=O)OC)[C@]3(C)N=C(\C=2C)[C@@H](CCCC(=O)OC)[C@]3(C)CC(=O)OC)/[C@@H](CCCC(=O)OC)C1(C)C. The molecule has 0 amide bonds. The van der Waals surface area contributed by atoms with E-state index in [1.807, 2.05) is 20.8 Å². The van der Waals surface area contributed by atoms with Crippen LogP contribution in [0.3, 0.4) is 0 Å². The van der Waals surface area contributed by atoms with Gasteiger partial charge in [0.25, 0.3) is 0 Å². The van der Waals surface area contributed by atoms with Gasteiger partial charge in [0.2, 0.25) is 0 Å². The molecule has 1 aromatic heterocycles. The third kappa shape index (κ3) is 10.7. The second-order valence-corrected chi connectivity index (χ2v) is 20.5. The number of allylic oxidation sites excluding steroid dienone is 2. The molecule has 1 aromatic rings. The van der Waals surface area contributed by atoms with Crippen LogP contribution in [0.1, 0.15) is 143 Å². The van der Waals surface area contributed by atoms with Crippen LogP contribution in [0.4, 0.5) is 0 Å². The molecule has 0 radical (unpaired) electrons. The van der Waals surface area contributed by atoms with Crippen LogP contribution < -0.4 is 10.7 Å². The van der Waals surface area contributed by atoms with Gasteiger partial charge < -0.3 is 33.4 Å². The maximum absolute atomic E-state index is 13.9. The fourth-order valence-corrected chi connectivity index (χ4v) is 12.0. The van der Waals surface area contributed by atoms with Crippen LogP contribution in [0.25, 0.3) is 11.6 Å². The van der Waals surface area contributed by atoms with Crippen LogP contribution >= 0.6 is 0 Å². The molecule has 0 saturated carbocycles. The first-order valence-electron chi connectivity index (χ1n) is 24.3. The minimum atomic E-state index is -1.19. The first-order valence-corrected chi connectivity index (χ1v) is 24.3. The number of carbonyl (C=O) groups excluding carboxylic acids is 6. The summed E-state index contributed by atoms with van der Waals surface area (Å²) in [5.74, 6) is -3.35. The van der Waals surface area contributed by atoms with Gasteiger partial charge in [0.1, 0.15) is 0 Å². The molecule has 8 bridgehead atoms. The molecule has 7 atom stereocenters. The minimum Gasteiger partial charge on any atom is -0.469 e. The van der Waals surface area contributed by atoms with E-state index in [9.17, 15) is 28.8 Å². The lowest BCUT2D eigenvalue weighted by Gasteiger charge is -2.48. The number of aliphatic imine (C=N–C) groups is 3. The van der Waals surface area contributed by atoms with Gasteiger partial charge in [0.05, 0.1) is 67.1 Å². The molecular formula is C53H76N4O12. The van der Waals surface area contributed by atoms with Gasteiger partial charge in [-0.3, -0.25) is 43.7 Å². The van der Waals surface area contributed by atoms with E-state index in [2.05, 4.69) is 45.7 Å². The minimum absolute atomic E-state index is 0.0413. The first-order chi connectivity index (χ1) is 32.5. The molecule has 69 heavy (non-hydrogen) atoms. The summed E-state index contributed by atoms with van der Waals surface area (Å²) >= 11 is 0. The first kappa shape index (κ1) is 54.5. The zero-order valence-corrected chi connectivity index (χ0v) is 43.5. The number of carbonyl (C=O) groups is 6. The molecule has 4 aliphatic heterocycles. The molecule has 0 aromatic carbocycles. The highest BCUT2D eigenvalue weighted by Gasteiger charge is 2.66. The van der Waals surface area contributed by atoms with Crippen LogP contribution in [0.15, 0.2) is 26.2 Å². The Morgan fingerprint density at radius 2 is 1.17 bits per heavy atom. The molecule has 1 unspecified atom stereocenters. The lowest BCUT2D eigenvalue weighted by atomic mass is 9.55. The van der Waals surface area contributed by atoms with E-state index in [-0.39, 0.29) is 68.3 Å². The van der Waals surface area contributed by atoms with E-state index in [4.69, 9.17) is 43.4 Å². The predicted octanol–water partition coefficient (Wildman–Crippen LogP) is 6.59. The zero-order chi connectivity index (χ0) is 51.2. The Balaban J connectivity index is 1.97. The number of fused-ring (bicyclic) bond motifs is 6. The molecule has 16 nitrogen and oxygen atoms in total. The number of ether oxygens (including phenoxy) is 6. The van der Waals surface area contributed by atoms with E-state index in [0.717, 1.165) is 55.8 Å². The third-order valence-electron chi connectivity index (χ3n) is 16.4. The highest BCUT2D eigenvalue weighted by atomic mass is 16.5. The van der Waals surface area contributed by atoms with Crippen molar-refractivity contribution < 1.29 is 57.2 Å². The fraction of sp³-hybridized carbons (Fsp3) is 0.679. The molecule has 5 rings (SSSR count). The summed E-state index contributed by atoms with van der Waals surface area (Å²) in [6.07, 6.45) is 6.73. The molecule has 1 N–H and O–H groups in total. The Kier molecular flexibility index (Phi) is 17.5. The van der Waals surface area contributed by atoms with Crippen molar-refractivity contribution in [2.45, 2.75) is 157 Å². The van der Waals surface area contributed by atoms with Crippen LogP contribution in [0, 0.1) is 40.9 Å². The van der Waals surface area contributed by atoms with Gasteiger partial charge in [-0.25, -0.2) is 0 Å². The van der Waals surface area contributed by atoms with Crippen LogP contribution in [0.5, 0.6) is 0 Å². The summed E-state index contributed by atoms with van der Waals surface area (Å²) in [5.41, 5.74) is 3.11. The number of H-pyrrole nitrogens is 1. The average molecular weight is 961 g/mol. The molecule has 0 aliphatic carbocycles. The third-order valence-corrected chi connectivity index (χ3v) is 16.4. The topological polar surface area (TPSA) is 211 Å². The maximum Gasteiger partial charge on any atom is 0.306 e. The van der Waals surface area contributed by atoms with Gasteiger partial charge in [-0.15, -0.1) is 0 Å². The standard InChI is InChI=1S/C53H76N4O12/c1-30-33(19-15-22-39(58)64-9)37-28-38-50(4,5)34(20-16-23-40(59)65-10)46(55-38)32(3)48-51(6,26-18-25-42(61)67-12)36(27-43(62)68-13)49(56-48)53(8)52(7,29-44(63)69-14)35(21-17-24-41(60)66-11)47(57-53)31(2)45(30)54-37/h28,34-36,49,54H,15-27,29H2,1-14H3/b37-28-,45-31-,46-32-/t34-,35-,36+,49?,51-,52+,53+/m1/s1. The van der Waals surface area contributed by atoms with E-state index in [1.54, 1.807) is 0 Å². The van der Waals surface area contributed by atoms with Crippen molar-refractivity contribution in [1.82, 2.24) is 4.98 Å². The molecule has 380 valence electrons. The van der Waals surface area contributed by atoms with Crippen molar-refractivity contribution in [2.75, 3.05) is 42.7 Å². The number of hydrogen-bond acceptors (Lipinski definition) is 15. The number of rotatable bonds is 20. The number of esters is 6. The Morgan fingerprint density at radius 3 is 1.72 bits per heavy atom. The Morgan fingerprint density at radius 1 is 0.652 bits per heavy atom. The summed E-state index contributed by atoms with van der Waals surface area (Å²) in [7, 11) is 8.22. The highest BCUT2D eigenvalue weighted by molar-refractivity contribution is 6.21. The van der Waals surface area contributed by atoms with Crippen LogP contribution in [-0.4, -0.2) is 112 Å². The van der Waals surface area contributed by atoms with Crippen LogP contribution in [-0.2, 0) is 63.6 Å². The summed E-state index contributed by atoms with van der Waals surface area (Å²) in [5, 5.41) is 1.67. The Hall–Kier alpha value is -5.41. The second kappa shape index (κ2) is 22.1. The number of hydrogen-bond donors (Lipinski definition) is 1. The monoisotopic (exact) mass is 961 g/mol. The van der Waals surface area contributed by atoms with Crippen molar-refractivity contribution in [1.29, 1.82) is 0 Å². The molecular weight excluding hydrogens is 885 g/mol. The smallest absolute Gasteiger partial charge is 0.306 e. The maximum atomic E-state index is 13.9. The number of methoxy groups -OCH3 is 6. The lowest BCUT2D eigenvalue weighted by molar-refractivity contribution is -0.147. The predicted molar refractivity (Wildman–Crippen MR) is 262 cm³/mol. The van der Waals surface area contributed by atoms with Crippen molar-refractivity contribution >= 4 is 64.6 Å². The van der Waals surface area contributed by atoms with Gasteiger partial charge in [-0.05, 0) is 107 Å². The Labute approximate surface area is 407 Å². The largest absolute Gasteiger partial charge is 0.469 e. The van der Waals surface area contributed by atoms with E-state index in [1.165, 1.54) is 42.7 Å². The summed E-state index contributed by atoms with van der Waals surface area (Å²) < 4.78 is 31.1. The quantitative estimate of drug-likeness (QED) is 0.108. The Bertz CT molecular complexity index is 2440. The number of aromatic nitrogens is 1. The van der Waals surface area contributed by atoms with E-state index >= 15 is 0 Å². The number of nitrogens with zero attached hydrogens (tertiary/aromatic N) is 3. The van der Waals surface area contributed by atoms with E-state index < -0.39 is 51.6 Å². The second-order valence-electron chi connectivity index (χ2n) is 20.5. The average Bonchev–Trinajstić information content (AvgIpc) is 3.95. The highest BCUT2D eigenvalue weighted by Crippen LogP contribution is 2.61. The molecule has 0 fully saturated rings. The van der Waals surface area contributed by atoms with Gasteiger partial charge in [0.15, 0.2) is 0 Å². The number of nitrogens with one attached hydrogen (secondary N) is 1. The summed E-state index contributed by atoms with van der Waals surface area (Å²) in [4.78, 5) is 99.1.